The molecule has 0 radical (unpaired) electrons. The molecule has 2 aromatic rings. The summed E-state index contributed by atoms with van der Waals surface area (Å²) in [6, 6.07) is 3.66. The highest BCUT2D eigenvalue weighted by atomic mass is 16.3. The summed E-state index contributed by atoms with van der Waals surface area (Å²) in [5, 5.41) is 15.8. The maximum Gasteiger partial charge on any atom is 0.155 e. The van der Waals surface area contributed by atoms with E-state index in [-0.39, 0.29) is 6.61 Å². The van der Waals surface area contributed by atoms with Crippen LogP contribution < -0.4 is 11.1 Å². The number of aliphatic hydroxyl groups excluding tert-OH is 1. The lowest BCUT2D eigenvalue weighted by atomic mass is 10.4. The van der Waals surface area contributed by atoms with Crippen molar-refractivity contribution < 1.29 is 5.11 Å². The molecule has 0 atom stereocenters. The van der Waals surface area contributed by atoms with E-state index in [9.17, 15) is 0 Å². The van der Waals surface area contributed by atoms with Gasteiger partial charge in [-0.1, -0.05) is 0 Å². The highest BCUT2D eigenvalue weighted by Crippen LogP contribution is 2.12. The minimum atomic E-state index is 0.0897. The summed E-state index contributed by atoms with van der Waals surface area (Å²) in [6.07, 6.45) is 4.93. The van der Waals surface area contributed by atoms with Crippen molar-refractivity contribution in [3.63, 3.8) is 0 Å². The molecule has 6 nitrogen and oxygen atoms in total. The first kappa shape index (κ1) is 10.4. The third-order valence-electron chi connectivity index (χ3n) is 2.02. The smallest absolute Gasteiger partial charge is 0.155 e. The van der Waals surface area contributed by atoms with Gasteiger partial charge in [0.2, 0.25) is 0 Å². The maximum atomic E-state index is 8.71. The van der Waals surface area contributed by atoms with Gasteiger partial charge in [-0.25, -0.2) is 9.67 Å². The van der Waals surface area contributed by atoms with Crippen LogP contribution >= 0.6 is 0 Å². The minimum Gasteiger partial charge on any atom is -0.396 e. The first-order chi connectivity index (χ1) is 7.79. The van der Waals surface area contributed by atoms with Crippen LogP contribution in [0.4, 0.5) is 11.4 Å². The number of nitrogens with zero attached hydrogens (tertiary/aromatic N) is 3. The number of hydrogen-bond donors (Lipinski definition) is 3. The number of rotatable bonds is 4. The number of aliphatic hydroxyl groups is 1. The van der Waals surface area contributed by atoms with Gasteiger partial charge in [0, 0.05) is 24.5 Å². The number of nitrogens with one attached hydrogen (secondary N) is 1. The lowest BCUT2D eigenvalue weighted by Gasteiger charge is -2.05. The summed E-state index contributed by atoms with van der Waals surface area (Å²) >= 11 is 0. The first-order valence-corrected chi connectivity index (χ1v) is 4.91. The number of hydrogen-bond acceptors (Lipinski definition) is 5. The number of pyridine rings is 1. The van der Waals surface area contributed by atoms with Crippen LogP contribution in [0.3, 0.4) is 0 Å². The molecule has 84 valence electrons. The summed E-state index contributed by atoms with van der Waals surface area (Å²) < 4.78 is 1.60. The molecule has 16 heavy (non-hydrogen) atoms. The fourth-order valence-corrected chi connectivity index (χ4v) is 1.32. The van der Waals surface area contributed by atoms with Gasteiger partial charge in [-0.3, -0.25) is 0 Å². The minimum absolute atomic E-state index is 0.0897. The van der Waals surface area contributed by atoms with Crippen molar-refractivity contribution in [1.82, 2.24) is 14.8 Å². The molecule has 6 heteroatoms. The molecule has 4 N–H and O–H groups in total. The summed E-state index contributed by atoms with van der Waals surface area (Å²) in [4.78, 5) is 4.17. The molecule has 0 aliphatic rings. The predicted molar refractivity (Wildman–Crippen MR) is 61.3 cm³/mol. The average molecular weight is 219 g/mol. The Morgan fingerprint density at radius 2 is 2.38 bits per heavy atom. The SMILES string of the molecule is Nc1cnn(-c2cc(NCCO)ccn2)c1. The molecule has 2 rings (SSSR count). The zero-order valence-electron chi connectivity index (χ0n) is 8.67. The van der Waals surface area contributed by atoms with Crippen LogP contribution in [0.25, 0.3) is 5.82 Å². The van der Waals surface area contributed by atoms with E-state index in [0.717, 1.165) is 5.69 Å². The van der Waals surface area contributed by atoms with Gasteiger partial charge in [0.05, 0.1) is 24.7 Å². The van der Waals surface area contributed by atoms with Crippen LogP contribution in [-0.4, -0.2) is 33.0 Å². The summed E-state index contributed by atoms with van der Waals surface area (Å²) in [6.45, 7) is 0.594. The predicted octanol–water partition coefficient (Wildman–Crippen LogP) is 0.254. The highest BCUT2D eigenvalue weighted by Gasteiger charge is 2.00. The Bertz CT molecular complexity index is 468. The Kier molecular flexibility index (Phi) is 3.02. The molecule has 0 saturated heterocycles. The summed E-state index contributed by atoms with van der Waals surface area (Å²) in [7, 11) is 0. The Balaban J connectivity index is 2.22. The van der Waals surface area contributed by atoms with E-state index in [1.165, 1.54) is 0 Å². The van der Waals surface area contributed by atoms with E-state index < -0.39 is 0 Å². The van der Waals surface area contributed by atoms with E-state index in [0.29, 0.717) is 18.1 Å². The van der Waals surface area contributed by atoms with Crippen molar-refractivity contribution in [2.45, 2.75) is 0 Å². The molecule has 0 fully saturated rings. The molecule has 0 saturated carbocycles. The molecule has 0 unspecified atom stereocenters. The van der Waals surface area contributed by atoms with Crippen molar-refractivity contribution in [3.8, 4) is 5.82 Å². The third-order valence-corrected chi connectivity index (χ3v) is 2.02. The molecule has 2 aromatic heterocycles. The lowest BCUT2D eigenvalue weighted by molar-refractivity contribution is 0.311. The Morgan fingerprint density at radius 3 is 3.06 bits per heavy atom. The summed E-state index contributed by atoms with van der Waals surface area (Å²) in [5.41, 5.74) is 7.05. The maximum absolute atomic E-state index is 8.71. The van der Waals surface area contributed by atoms with Gasteiger partial charge in [0.15, 0.2) is 5.82 Å². The van der Waals surface area contributed by atoms with E-state index >= 15 is 0 Å². The molecule has 0 amide bonds. The monoisotopic (exact) mass is 219 g/mol. The zero-order chi connectivity index (χ0) is 11.4. The number of aromatic nitrogens is 3. The zero-order valence-corrected chi connectivity index (χ0v) is 8.67. The van der Waals surface area contributed by atoms with Crippen molar-refractivity contribution in [3.05, 3.63) is 30.7 Å². The van der Waals surface area contributed by atoms with E-state index in [4.69, 9.17) is 10.8 Å². The van der Waals surface area contributed by atoms with Gasteiger partial charge in [-0.15, -0.1) is 0 Å². The van der Waals surface area contributed by atoms with Crippen LogP contribution in [0.1, 0.15) is 0 Å². The van der Waals surface area contributed by atoms with Crippen molar-refractivity contribution in [2.24, 2.45) is 0 Å². The fraction of sp³-hybridized carbons (Fsp3) is 0.200. The Hall–Kier alpha value is -2.08. The van der Waals surface area contributed by atoms with Crippen LogP contribution in [0.15, 0.2) is 30.7 Å². The third kappa shape index (κ3) is 2.29. The van der Waals surface area contributed by atoms with Crippen LogP contribution in [0, 0.1) is 0 Å². The summed E-state index contributed by atoms with van der Waals surface area (Å²) in [5.74, 6) is 0.680. The fourth-order valence-electron chi connectivity index (χ4n) is 1.32. The number of anilines is 2. The normalized spacial score (nSPS) is 10.3. The molecule has 2 heterocycles. The van der Waals surface area contributed by atoms with Gasteiger partial charge >= 0.3 is 0 Å². The first-order valence-electron chi connectivity index (χ1n) is 4.91. The number of nitrogen functional groups attached to an aromatic ring is 1. The molecule has 0 bridgehead atoms. The van der Waals surface area contributed by atoms with Gasteiger partial charge in [-0.2, -0.15) is 5.10 Å². The largest absolute Gasteiger partial charge is 0.396 e. The molecule has 0 aromatic carbocycles. The van der Waals surface area contributed by atoms with Crippen molar-refractivity contribution in [2.75, 3.05) is 24.2 Å². The Labute approximate surface area is 92.7 Å². The van der Waals surface area contributed by atoms with Crippen LogP contribution in [-0.2, 0) is 0 Å². The van der Waals surface area contributed by atoms with Gasteiger partial charge in [-0.05, 0) is 6.07 Å². The van der Waals surface area contributed by atoms with E-state index in [2.05, 4.69) is 15.4 Å². The standard InChI is InChI=1S/C10H13N5O/c11-8-6-14-15(7-8)10-5-9(1-2-13-10)12-3-4-16/h1-2,5-7,16H,3-4,11H2,(H,12,13). The van der Waals surface area contributed by atoms with E-state index in [1.807, 2.05) is 12.1 Å². The van der Waals surface area contributed by atoms with Crippen LogP contribution in [0.5, 0.6) is 0 Å². The van der Waals surface area contributed by atoms with Gasteiger partial charge in [0.1, 0.15) is 0 Å². The topological polar surface area (TPSA) is 89.0 Å². The van der Waals surface area contributed by atoms with Gasteiger partial charge in [0.25, 0.3) is 0 Å². The molecular weight excluding hydrogens is 206 g/mol. The van der Waals surface area contributed by atoms with Crippen molar-refractivity contribution in [1.29, 1.82) is 0 Å². The lowest BCUT2D eigenvalue weighted by Crippen LogP contribution is -2.06. The molecule has 0 aliphatic carbocycles. The highest BCUT2D eigenvalue weighted by molar-refractivity contribution is 5.47. The average Bonchev–Trinajstić information content (AvgIpc) is 2.74. The Morgan fingerprint density at radius 1 is 1.50 bits per heavy atom. The van der Waals surface area contributed by atoms with Gasteiger partial charge < -0.3 is 16.2 Å². The van der Waals surface area contributed by atoms with E-state index in [1.54, 1.807) is 23.3 Å². The molecule has 0 aliphatic heterocycles. The second kappa shape index (κ2) is 4.63. The quantitative estimate of drug-likeness (QED) is 0.686. The van der Waals surface area contributed by atoms with Crippen molar-refractivity contribution >= 4 is 11.4 Å². The van der Waals surface area contributed by atoms with Crippen LogP contribution in [0.2, 0.25) is 0 Å². The molecule has 0 spiro atoms. The second-order valence-corrected chi connectivity index (χ2v) is 3.27. The number of nitrogens with two attached hydrogens (primary N) is 1. The second-order valence-electron chi connectivity index (χ2n) is 3.27. The molecular formula is C10H13N5O.